The molecule has 0 aromatic heterocycles. The molecule has 0 aromatic carbocycles. The lowest BCUT2D eigenvalue weighted by molar-refractivity contribution is -0.262. The van der Waals surface area contributed by atoms with Crippen LogP contribution in [0.2, 0.25) is 19.6 Å². The number of hydrogen-bond donors (Lipinski definition) is 0. The molecular formula is C8H9ClF6Si. The van der Waals surface area contributed by atoms with E-state index in [2.05, 4.69) is 0 Å². The number of alkyl halides is 6. The van der Waals surface area contributed by atoms with Crippen LogP contribution in [0.25, 0.3) is 0 Å². The zero-order valence-electron chi connectivity index (χ0n) is 8.65. The van der Waals surface area contributed by atoms with Crippen LogP contribution in [-0.4, -0.2) is 25.8 Å². The summed E-state index contributed by atoms with van der Waals surface area (Å²) in [5.74, 6) is -15.3. The van der Waals surface area contributed by atoms with Gasteiger partial charge in [-0.25, -0.2) is 0 Å². The van der Waals surface area contributed by atoms with E-state index >= 15 is 0 Å². The van der Waals surface area contributed by atoms with E-state index < -0.39 is 36.1 Å². The highest BCUT2D eigenvalue weighted by Crippen LogP contribution is 2.61. The van der Waals surface area contributed by atoms with Gasteiger partial charge in [-0.2, -0.15) is 26.3 Å². The zero-order chi connectivity index (χ0) is 13.2. The molecule has 94 valence electrons. The van der Waals surface area contributed by atoms with Gasteiger partial charge in [0.15, 0.2) is 0 Å². The number of allylic oxidation sites excluding steroid dienone is 2. The maximum absolute atomic E-state index is 13.3. The molecular weight excluding hydrogens is 274 g/mol. The second kappa shape index (κ2) is 3.19. The molecule has 16 heavy (non-hydrogen) atoms. The van der Waals surface area contributed by atoms with Crippen LogP contribution in [0.1, 0.15) is 0 Å². The summed E-state index contributed by atoms with van der Waals surface area (Å²) in [5, 5.41) is -2.96. The molecule has 0 radical (unpaired) electrons. The molecule has 0 aromatic rings. The van der Waals surface area contributed by atoms with E-state index in [0.717, 1.165) is 0 Å². The van der Waals surface area contributed by atoms with Crippen LogP contribution >= 0.6 is 11.6 Å². The van der Waals surface area contributed by atoms with Crippen molar-refractivity contribution in [1.29, 1.82) is 0 Å². The summed E-state index contributed by atoms with van der Waals surface area (Å²) in [6.07, 6.45) is 0. The largest absolute Gasteiger partial charge is 0.380 e. The van der Waals surface area contributed by atoms with E-state index in [4.69, 9.17) is 11.6 Å². The van der Waals surface area contributed by atoms with Crippen LogP contribution in [0.3, 0.4) is 0 Å². The Morgan fingerprint density at radius 2 is 1.25 bits per heavy atom. The summed E-state index contributed by atoms with van der Waals surface area (Å²) in [7, 11) is -3.06. The molecule has 1 aliphatic carbocycles. The Kier molecular flexibility index (Phi) is 2.77. The molecule has 0 fully saturated rings. The van der Waals surface area contributed by atoms with Crippen LogP contribution in [0.15, 0.2) is 10.2 Å². The van der Waals surface area contributed by atoms with Gasteiger partial charge in [0.1, 0.15) is 0 Å². The smallest absolute Gasteiger partial charge is 0.195 e. The minimum Gasteiger partial charge on any atom is -0.195 e. The standard InChI is InChI=1S/C8H9ClF6Si/c1-16(2,3)5-4(9)6(10,11)8(14,15)7(5,12)13/h1-3H3. The molecule has 1 rings (SSSR count). The Hall–Kier alpha value is -0.173. The molecule has 0 aliphatic heterocycles. The quantitative estimate of drug-likeness (QED) is 0.497. The van der Waals surface area contributed by atoms with Crippen molar-refractivity contribution in [1.82, 2.24) is 0 Å². The minimum atomic E-state index is -5.45. The lowest BCUT2D eigenvalue weighted by Crippen LogP contribution is -2.51. The molecule has 0 spiro atoms. The fraction of sp³-hybridized carbons (Fsp3) is 0.750. The summed E-state index contributed by atoms with van der Waals surface area (Å²) in [6.45, 7) is 3.78. The number of halogens is 7. The molecule has 8 heteroatoms. The molecule has 0 N–H and O–H groups in total. The van der Waals surface area contributed by atoms with Crippen molar-refractivity contribution < 1.29 is 26.3 Å². The first-order valence-corrected chi connectivity index (χ1v) is 8.20. The summed E-state index contributed by atoms with van der Waals surface area (Å²) in [5.41, 5.74) is 0. The van der Waals surface area contributed by atoms with Gasteiger partial charge >= 0.3 is 17.8 Å². The highest BCUT2D eigenvalue weighted by Gasteiger charge is 2.80. The Morgan fingerprint density at radius 1 is 0.875 bits per heavy atom. The van der Waals surface area contributed by atoms with E-state index in [0.29, 0.717) is 0 Å². The van der Waals surface area contributed by atoms with Crippen molar-refractivity contribution in [2.45, 2.75) is 37.4 Å². The molecule has 0 saturated carbocycles. The lowest BCUT2D eigenvalue weighted by Gasteiger charge is -2.28. The Balaban J connectivity index is 3.55. The van der Waals surface area contributed by atoms with E-state index in [1.54, 1.807) is 0 Å². The molecule has 0 nitrogen and oxygen atoms in total. The Morgan fingerprint density at radius 3 is 1.38 bits per heavy atom. The molecule has 0 heterocycles. The maximum atomic E-state index is 13.3. The molecule has 0 atom stereocenters. The SMILES string of the molecule is C[Si](C)(C)C1=C(Cl)C(F)(F)C(F)(F)C1(F)F. The van der Waals surface area contributed by atoms with Crippen LogP contribution in [-0.2, 0) is 0 Å². The highest BCUT2D eigenvalue weighted by atomic mass is 35.5. The normalized spacial score (nSPS) is 27.4. The zero-order valence-corrected chi connectivity index (χ0v) is 10.4. The fourth-order valence-electron chi connectivity index (χ4n) is 1.59. The van der Waals surface area contributed by atoms with Gasteiger partial charge in [-0.1, -0.05) is 31.2 Å². The van der Waals surface area contributed by atoms with E-state index in [1.807, 2.05) is 0 Å². The van der Waals surface area contributed by atoms with Crippen molar-refractivity contribution >= 4 is 19.7 Å². The predicted octanol–water partition coefficient (Wildman–Crippen LogP) is 4.28. The van der Waals surface area contributed by atoms with Gasteiger partial charge in [0, 0.05) is 5.20 Å². The lowest BCUT2D eigenvalue weighted by atomic mass is 10.2. The first kappa shape index (κ1) is 13.9. The van der Waals surface area contributed by atoms with Crippen molar-refractivity contribution in [3.63, 3.8) is 0 Å². The maximum Gasteiger partial charge on any atom is 0.380 e. The Labute approximate surface area is 94.3 Å². The summed E-state index contributed by atoms with van der Waals surface area (Å²) in [6, 6.07) is 0. The third kappa shape index (κ3) is 1.43. The average Bonchev–Trinajstić information content (AvgIpc) is 2.06. The first-order valence-electron chi connectivity index (χ1n) is 4.32. The fourth-order valence-corrected chi connectivity index (χ4v) is 4.59. The van der Waals surface area contributed by atoms with Gasteiger partial charge in [-0.05, 0) is 0 Å². The average molecular weight is 283 g/mol. The molecule has 0 bridgehead atoms. The molecule has 1 aliphatic rings. The van der Waals surface area contributed by atoms with Crippen LogP contribution in [0.4, 0.5) is 26.3 Å². The second-order valence-electron chi connectivity index (χ2n) is 4.66. The highest BCUT2D eigenvalue weighted by molar-refractivity contribution is 6.84. The Bertz CT molecular complexity index is 354. The van der Waals surface area contributed by atoms with Crippen LogP contribution in [0.5, 0.6) is 0 Å². The van der Waals surface area contributed by atoms with Gasteiger partial charge in [-0.15, -0.1) is 0 Å². The third-order valence-corrected chi connectivity index (χ3v) is 5.00. The van der Waals surface area contributed by atoms with Gasteiger partial charge in [0.25, 0.3) is 0 Å². The third-order valence-electron chi connectivity index (χ3n) is 2.35. The minimum absolute atomic E-state index is 1.26. The van der Waals surface area contributed by atoms with Crippen molar-refractivity contribution in [3.05, 3.63) is 10.2 Å². The summed E-state index contributed by atoms with van der Waals surface area (Å²) < 4.78 is 78.4. The van der Waals surface area contributed by atoms with Gasteiger partial charge in [0.2, 0.25) is 0 Å². The van der Waals surface area contributed by atoms with E-state index in [-0.39, 0.29) is 0 Å². The number of hydrogen-bond acceptors (Lipinski definition) is 0. The van der Waals surface area contributed by atoms with Crippen molar-refractivity contribution in [2.75, 3.05) is 0 Å². The summed E-state index contributed by atoms with van der Waals surface area (Å²) in [4.78, 5) is 0. The number of rotatable bonds is 1. The second-order valence-corrected chi connectivity index (χ2v) is 10.0. The van der Waals surface area contributed by atoms with E-state index in [9.17, 15) is 26.3 Å². The van der Waals surface area contributed by atoms with E-state index in [1.165, 1.54) is 19.6 Å². The molecule has 0 unspecified atom stereocenters. The predicted molar refractivity (Wildman–Crippen MR) is 51.1 cm³/mol. The monoisotopic (exact) mass is 282 g/mol. The van der Waals surface area contributed by atoms with Gasteiger partial charge in [0.05, 0.1) is 13.1 Å². The van der Waals surface area contributed by atoms with Gasteiger partial charge < -0.3 is 0 Å². The van der Waals surface area contributed by atoms with Crippen molar-refractivity contribution in [3.8, 4) is 0 Å². The molecule has 0 amide bonds. The topological polar surface area (TPSA) is 0 Å². The van der Waals surface area contributed by atoms with Crippen molar-refractivity contribution in [2.24, 2.45) is 0 Å². The first-order chi connectivity index (χ1) is 6.78. The van der Waals surface area contributed by atoms with Gasteiger partial charge in [-0.3, -0.25) is 0 Å². The van der Waals surface area contributed by atoms with Crippen LogP contribution < -0.4 is 0 Å². The molecule has 0 saturated heterocycles. The summed E-state index contributed by atoms with van der Waals surface area (Å²) >= 11 is 5.03. The van der Waals surface area contributed by atoms with Crippen LogP contribution in [0, 0.1) is 0 Å².